The van der Waals surface area contributed by atoms with Crippen molar-refractivity contribution in [3.63, 3.8) is 0 Å². The van der Waals surface area contributed by atoms with E-state index < -0.39 is 0 Å². The molecule has 124 valence electrons. The van der Waals surface area contributed by atoms with Crippen LogP contribution in [0.4, 0.5) is 5.82 Å². The Bertz CT molecular complexity index is 693. The number of morpholine rings is 1. The molecule has 1 aliphatic heterocycles. The highest BCUT2D eigenvalue weighted by atomic mass is 32.1. The molecular formula is C17H25N4OS+. The van der Waals surface area contributed by atoms with Crippen molar-refractivity contribution in [1.82, 2.24) is 9.88 Å². The third-order valence-electron chi connectivity index (χ3n) is 5.04. The van der Waals surface area contributed by atoms with Gasteiger partial charge in [-0.3, -0.25) is 4.90 Å². The number of anilines is 1. The topological polar surface area (TPSA) is 55.3 Å². The smallest absolute Gasteiger partial charge is 0.231 e. The second kappa shape index (κ2) is 6.71. The van der Waals surface area contributed by atoms with Gasteiger partial charge in [0.2, 0.25) is 17.0 Å². The van der Waals surface area contributed by atoms with Crippen LogP contribution in [0.15, 0.2) is 6.33 Å². The SMILES string of the molecule is Nc1c2c3c(sc2nc[n+]1CCN1CCOCC1)CCCCC3. The maximum Gasteiger partial charge on any atom is 0.231 e. The van der Waals surface area contributed by atoms with E-state index in [4.69, 9.17) is 15.5 Å². The molecule has 0 bridgehead atoms. The lowest BCUT2D eigenvalue weighted by molar-refractivity contribution is -0.684. The summed E-state index contributed by atoms with van der Waals surface area (Å²) >= 11 is 1.85. The van der Waals surface area contributed by atoms with E-state index in [2.05, 4.69) is 9.47 Å². The molecule has 3 heterocycles. The van der Waals surface area contributed by atoms with Crippen molar-refractivity contribution in [2.45, 2.75) is 38.6 Å². The molecule has 0 amide bonds. The molecule has 4 rings (SSSR count). The lowest BCUT2D eigenvalue weighted by Gasteiger charge is -2.26. The van der Waals surface area contributed by atoms with E-state index in [9.17, 15) is 0 Å². The zero-order chi connectivity index (χ0) is 15.6. The maximum atomic E-state index is 6.54. The van der Waals surface area contributed by atoms with Crippen molar-refractivity contribution < 1.29 is 9.30 Å². The summed E-state index contributed by atoms with van der Waals surface area (Å²) in [5, 5.41) is 1.23. The number of aromatic nitrogens is 2. The number of fused-ring (bicyclic) bond motifs is 3. The molecule has 5 nitrogen and oxygen atoms in total. The zero-order valence-electron chi connectivity index (χ0n) is 13.6. The molecule has 0 aromatic carbocycles. The van der Waals surface area contributed by atoms with Gasteiger partial charge in [0.25, 0.3) is 0 Å². The van der Waals surface area contributed by atoms with Crippen molar-refractivity contribution in [3.8, 4) is 0 Å². The van der Waals surface area contributed by atoms with Gasteiger partial charge in [0.15, 0.2) is 0 Å². The van der Waals surface area contributed by atoms with Crippen molar-refractivity contribution in [3.05, 3.63) is 16.8 Å². The van der Waals surface area contributed by atoms with Crippen LogP contribution >= 0.6 is 11.3 Å². The Hall–Kier alpha value is -1.24. The van der Waals surface area contributed by atoms with Crippen LogP contribution in [-0.4, -0.2) is 42.7 Å². The van der Waals surface area contributed by atoms with E-state index in [-0.39, 0.29) is 0 Å². The van der Waals surface area contributed by atoms with Crippen LogP contribution in [-0.2, 0) is 24.1 Å². The Morgan fingerprint density at radius 3 is 2.91 bits per heavy atom. The number of thiophene rings is 1. The molecule has 1 aliphatic carbocycles. The minimum absolute atomic E-state index is 0.843. The summed E-state index contributed by atoms with van der Waals surface area (Å²) in [5.74, 6) is 0.905. The molecule has 0 spiro atoms. The first-order chi connectivity index (χ1) is 11.3. The fourth-order valence-corrected chi connectivity index (χ4v) is 4.90. The van der Waals surface area contributed by atoms with Crippen molar-refractivity contribution in [2.75, 3.05) is 38.6 Å². The first-order valence-electron chi connectivity index (χ1n) is 8.71. The van der Waals surface area contributed by atoms with Crippen molar-refractivity contribution >= 4 is 27.4 Å². The summed E-state index contributed by atoms with van der Waals surface area (Å²) in [6.45, 7) is 5.63. The Labute approximate surface area is 141 Å². The van der Waals surface area contributed by atoms with E-state index in [1.807, 2.05) is 17.7 Å². The zero-order valence-corrected chi connectivity index (χ0v) is 14.4. The van der Waals surface area contributed by atoms with Crippen molar-refractivity contribution in [1.29, 1.82) is 0 Å². The normalized spacial score (nSPS) is 19.7. The van der Waals surface area contributed by atoms with Crippen LogP contribution in [0.25, 0.3) is 10.2 Å². The van der Waals surface area contributed by atoms with Crippen LogP contribution in [0.5, 0.6) is 0 Å². The molecule has 1 fully saturated rings. The summed E-state index contributed by atoms with van der Waals surface area (Å²) in [6.07, 6.45) is 8.20. The number of nitrogens with zero attached hydrogens (tertiary/aromatic N) is 3. The Balaban J connectivity index is 1.60. The number of nitrogens with two attached hydrogens (primary N) is 1. The summed E-state index contributed by atoms with van der Waals surface area (Å²) in [6, 6.07) is 0. The van der Waals surface area contributed by atoms with Gasteiger partial charge in [0.1, 0.15) is 5.39 Å². The predicted molar refractivity (Wildman–Crippen MR) is 92.7 cm³/mol. The highest BCUT2D eigenvalue weighted by molar-refractivity contribution is 7.18. The predicted octanol–water partition coefficient (Wildman–Crippen LogP) is 1.77. The summed E-state index contributed by atoms with van der Waals surface area (Å²) in [4.78, 5) is 9.78. The highest BCUT2D eigenvalue weighted by Crippen LogP contribution is 2.36. The number of rotatable bonds is 3. The average molecular weight is 333 g/mol. The van der Waals surface area contributed by atoms with Gasteiger partial charge in [-0.25, -0.2) is 4.57 Å². The van der Waals surface area contributed by atoms with Gasteiger partial charge in [-0.15, -0.1) is 11.3 Å². The first kappa shape index (κ1) is 15.3. The highest BCUT2D eigenvalue weighted by Gasteiger charge is 2.23. The third kappa shape index (κ3) is 3.07. The molecule has 0 saturated carbocycles. The molecule has 2 aliphatic rings. The molecule has 0 unspecified atom stereocenters. The summed E-state index contributed by atoms with van der Waals surface area (Å²) in [7, 11) is 0. The fraction of sp³-hybridized carbons (Fsp3) is 0.647. The van der Waals surface area contributed by atoms with E-state index >= 15 is 0 Å². The number of aryl methyl sites for hydroxylation is 2. The lowest BCUT2D eigenvalue weighted by Crippen LogP contribution is -2.46. The fourth-order valence-electron chi connectivity index (χ4n) is 3.66. The van der Waals surface area contributed by atoms with Gasteiger partial charge in [-0.05, 0) is 31.2 Å². The summed E-state index contributed by atoms with van der Waals surface area (Å²) < 4.78 is 7.55. The van der Waals surface area contributed by atoms with Gasteiger partial charge in [0, 0.05) is 24.5 Å². The van der Waals surface area contributed by atoms with Gasteiger partial charge in [-0.1, -0.05) is 11.4 Å². The van der Waals surface area contributed by atoms with E-state index in [0.29, 0.717) is 0 Å². The molecule has 23 heavy (non-hydrogen) atoms. The molecule has 2 aromatic heterocycles. The van der Waals surface area contributed by atoms with Crippen LogP contribution in [0.1, 0.15) is 29.7 Å². The Morgan fingerprint density at radius 1 is 1.22 bits per heavy atom. The second-order valence-electron chi connectivity index (χ2n) is 6.52. The molecule has 1 saturated heterocycles. The van der Waals surface area contributed by atoms with E-state index in [0.717, 1.165) is 56.5 Å². The van der Waals surface area contributed by atoms with E-state index in [1.54, 1.807) is 0 Å². The van der Waals surface area contributed by atoms with Gasteiger partial charge >= 0.3 is 0 Å². The largest absolute Gasteiger partial charge is 0.379 e. The van der Waals surface area contributed by atoms with Crippen LogP contribution in [0, 0.1) is 0 Å². The quantitative estimate of drug-likeness (QED) is 0.687. The standard InChI is InChI=1S/C17H24N4OS/c18-16-15-13-4-2-1-3-5-14(13)23-17(15)19-12-21(16)7-6-20-8-10-22-11-9-20/h12,18H,1-11H2/p+1. The number of hydrogen-bond donors (Lipinski definition) is 1. The third-order valence-corrected chi connectivity index (χ3v) is 6.24. The minimum Gasteiger partial charge on any atom is -0.379 e. The molecule has 6 heteroatoms. The average Bonchev–Trinajstić information content (AvgIpc) is 2.78. The molecule has 0 atom stereocenters. The maximum absolute atomic E-state index is 6.54. The number of hydrogen-bond acceptors (Lipinski definition) is 5. The molecule has 0 radical (unpaired) electrons. The van der Waals surface area contributed by atoms with Crippen LogP contribution in [0.3, 0.4) is 0 Å². The van der Waals surface area contributed by atoms with Crippen LogP contribution < -0.4 is 10.3 Å². The molecule has 2 N–H and O–H groups in total. The summed E-state index contributed by atoms with van der Waals surface area (Å²) in [5.41, 5.74) is 8.02. The van der Waals surface area contributed by atoms with Crippen LogP contribution in [0.2, 0.25) is 0 Å². The van der Waals surface area contributed by atoms with Crippen molar-refractivity contribution in [2.24, 2.45) is 0 Å². The first-order valence-corrected chi connectivity index (χ1v) is 9.53. The monoisotopic (exact) mass is 333 g/mol. The molecule has 2 aromatic rings. The van der Waals surface area contributed by atoms with E-state index in [1.165, 1.54) is 41.5 Å². The lowest BCUT2D eigenvalue weighted by atomic mass is 10.1. The second-order valence-corrected chi connectivity index (χ2v) is 7.61. The van der Waals surface area contributed by atoms with Gasteiger partial charge < -0.3 is 10.5 Å². The molecular weight excluding hydrogens is 308 g/mol. The van der Waals surface area contributed by atoms with Gasteiger partial charge in [0.05, 0.1) is 19.8 Å². The number of ether oxygens (including phenoxy) is 1. The minimum atomic E-state index is 0.843. The number of nitrogen functional groups attached to an aromatic ring is 1. The van der Waals surface area contributed by atoms with Gasteiger partial charge in [-0.2, -0.15) is 0 Å². The Morgan fingerprint density at radius 2 is 2.04 bits per heavy atom. The Kier molecular flexibility index (Phi) is 4.46.